The average molecular weight is 222 g/mol. The minimum absolute atomic E-state index is 0.0284. The van der Waals surface area contributed by atoms with Gasteiger partial charge < -0.3 is 15.1 Å². The van der Waals surface area contributed by atoms with Crippen molar-refractivity contribution in [2.24, 2.45) is 0 Å². The maximum absolute atomic E-state index is 9.90. The van der Waals surface area contributed by atoms with Gasteiger partial charge in [-0.2, -0.15) is 0 Å². The summed E-state index contributed by atoms with van der Waals surface area (Å²) in [6, 6.07) is 3.76. The number of hydrogen-bond acceptors (Lipinski definition) is 4. The van der Waals surface area contributed by atoms with Crippen LogP contribution in [0.3, 0.4) is 0 Å². The Labute approximate surface area is 95.5 Å². The third-order valence-electron chi connectivity index (χ3n) is 2.96. The molecule has 1 fully saturated rings. The molecule has 1 atom stereocenters. The van der Waals surface area contributed by atoms with E-state index in [1.54, 1.807) is 0 Å². The summed E-state index contributed by atoms with van der Waals surface area (Å²) >= 11 is 0. The molecule has 1 aliphatic heterocycles. The van der Waals surface area contributed by atoms with Crippen molar-refractivity contribution in [1.29, 1.82) is 0 Å². The number of aromatic nitrogens is 1. The standard InChI is InChI=1S/C12H18N2O2/c1-9-5-10(7-15)6-11(13-9)14-4-3-12(2,16)8-14/h5-6,15-16H,3-4,7-8H2,1-2H3. The zero-order valence-electron chi connectivity index (χ0n) is 9.77. The first-order valence-corrected chi connectivity index (χ1v) is 5.56. The molecule has 1 saturated heterocycles. The zero-order valence-corrected chi connectivity index (χ0v) is 9.77. The molecule has 4 heteroatoms. The Kier molecular flexibility index (Phi) is 2.86. The van der Waals surface area contributed by atoms with Crippen LogP contribution in [0, 0.1) is 6.92 Å². The molecule has 1 unspecified atom stereocenters. The Balaban J connectivity index is 2.24. The van der Waals surface area contributed by atoms with Crippen molar-refractivity contribution in [2.45, 2.75) is 32.5 Å². The molecule has 0 saturated carbocycles. The molecule has 0 amide bonds. The lowest BCUT2D eigenvalue weighted by atomic mass is 10.1. The third-order valence-corrected chi connectivity index (χ3v) is 2.96. The minimum atomic E-state index is -0.620. The van der Waals surface area contributed by atoms with Gasteiger partial charge in [0.2, 0.25) is 0 Å². The monoisotopic (exact) mass is 222 g/mol. The van der Waals surface area contributed by atoms with Gasteiger partial charge in [0.15, 0.2) is 0 Å². The normalized spacial score (nSPS) is 25.1. The molecule has 4 nitrogen and oxygen atoms in total. The van der Waals surface area contributed by atoms with E-state index < -0.39 is 5.60 Å². The molecule has 0 aromatic carbocycles. The molecule has 0 bridgehead atoms. The summed E-state index contributed by atoms with van der Waals surface area (Å²) in [5.74, 6) is 0.849. The molecule has 16 heavy (non-hydrogen) atoms. The number of hydrogen-bond donors (Lipinski definition) is 2. The van der Waals surface area contributed by atoms with Gasteiger partial charge in [-0.1, -0.05) is 0 Å². The summed E-state index contributed by atoms with van der Waals surface area (Å²) in [6.45, 7) is 5.20. The molecule has 0 radical (unpaired) electrons. The highest BCUT2D eigenvalue weighted by atomic mass is 16.3. The van der Waals surface area contributed by atoms with Gasteiger partial charge in [0.25, 0.3) is 0 Å². The van der Waals surface area contributed by atoms with Crippen LogP contribution < -0.4 is 4.90 Å². The van der Waals surface area contributed by atoms with E-state index in [1.165, 1.54) is 0 Å². The van der Waals surface area contributed by atoms with Crippen LogP contribution in [0.2, 0.25) is 0 Å². The Bertz CT molecular complexity index is 391. The van der Waals surface area contributed by atoms with E-state index in [2.05, 4.69) is 9.88 Å². The van der Waals surface area contributed by atoms with Crippen LogP contribution in [-0.4, -0.2) is 33.9 Å². The highest BCUT2D eigenvalue weighted by molar-refractivity contribution is 5.44. The van der Waals surface area contributed by atoms with Gasteiger partial charge in [-0.05, 0) is 38.0 Å². The summed E-state index contributed by atoms with van der Waals surface area (Å²) < 4.78 is 0. The molecule has 1 aromatic heterocycles. The van der Waals surface area contributed by atoms with E-state index in [0.29, 0.717) is 6.54 Å². The summed E-state index contributed by atoms with van der Waals surface area (Å²) in [7, 11) is 0. The van der Waals surface area contributed by atoms with Crippen LogP contribution >= 0.6 is 0 Å². The Morgan fingerprint density at radius 1 is 1.50 bits per heavy atom. The number of anilines is 1. The number of pyridine rings is 1. The fourth-order valence-electron chi connectivity index (χ4n) is 2.11. The largest absolute Gasteiger partial charge is 0.392 e. The molecular formula is C12H18N2O2. The van der Waals surface area contributed by atoms with Crippen LogP contribution in [0.4, 0.5) is 5.82 Å². The molecule has 2 rings (SSSR count). The lowest BCUT2D eigenvalue weighted by Crippen LogP contribution is -2.30. The number of aryl methyl sites for hydroxylation is 1. The van der Waals surface area contributed by atoms with Crippen LogP contribution in [0.15, 0.2) is 12.1 Å². The molecule has 1 aliphatic rings. The molecule has 2 N–H and O–H groups in total. The summed E-state index contributed by atoms with van der Waals surface area (Å²) in [5, 5.41) is 19.0. The predicted molar refractivity (Wildman–Crippen MR) is 62.4 cm³/mol. The highest BCUT2D eigenvalue weighted by Crippen LogP contribution is 2.25. The summed E-state index contributed by atoms with van der Waals surface area (Å²) in [6.07, 6.45) is 0.761. The van der Waals surface area contributed by atoms with Crippen LogP contribution in [0.5, 0.6) is 0 Å². The third kappa shape index (κ3) is 2.33. The number of aliphatic hydroxyl groups excluding tert-OH is 1. The molecule has 88 valence electrons. The molecule has 0 aliphatic carbocycles. The maximum atomic E-state index is 9.90. The van der Waals surface area contributed by atoms with Gasteiger partial charge >= 0.3 is 0 Å². The van der Waals surface area contributed by atoms with E-state index in [-0.39, 0.29) is 6.61 Å². The van der Waals surface area contributed by atoms with Crippen molar-refractivity contribution < 1.29 is 10.2 Å². The first kappa shape index (κ1) is 11.4. The maximum Gasteiger partial charge on any atom is 0.129 e. The molecule has 1 aromatic rings. The topological polar surface area (TPSA) is 56.6 Å². The first-order valence-electron chi connectivity index (χ1n) is 5.56. The van der Waals surface area contributed by atoms with Crippen LogP contribution in [0.1, 0.15) is 24.6 Å². The number of β-amino-alcohol motifs (C(OH)–C–C–N with tert-alkyl or cyclic N) is 1. The van der Waals surface area contributed by atoms with Gasteiger partial charge in [-0.25, -0.2) is 4.98 Å². The summed E-state index contributed by atoms with van der Waals surface area (Å²) in [5.41, 5.74) is 1.15. The van der Waals surface area contributed by atoms with Gasteiger partial charge in [-0.3, -0.25) is 0 Å². The Morgan fingerprint density at radius 3 is 2.81 bits per heavy atom. The van der Waals surface area contributed by atoms with Gasteiger partial charge in [-0.15, -0.1) is 0 Å². The van der Waals surface area contributed by atoms with Crippen molar-refractivity contribution in [3.63, 3.8) is 0 Å². The Hall–Kier alpha value is -1.13. The lowest BCUT2D eigenvalue weighted by Gasteiger charge is -2.20. The van der Waals surface area contributed by atoms with E-state index >= 15 is 0 Å². The second kappa shape index (κ2) is 4.03. The van der Waals surface area contributed by atoms with Crippen molar-refractivity contribution in [3.8, 4) is 0 Å². The predicted octanol–water partition coefficient (Wildman–Crippen LogP) is 0.843. The average Bonchev–Trinajstić information content (AvgIpc) is 2.58. The number of rotatable bonds is 2. The van der Waals surface area contributed by atoms with E-state index in [1.807, 2.05) is 26.0 Å². The van der Waals surface area contributed by atoms with Crippen LogP contribution in [-0.2, 0) is 6.61 Å². The van der Waals surface area contributed by atoms with Gasteiger partial charge in [0, 0.05) is 18.8 Å². The smallest absolute Gasteiger partial charge is 0.129 e. The number of nitrogens with zero attached hydrogens (tertiary/aromatic N) is 2. The number of aliphatic hydroxyl groups is 2. The molecule has 0 spiro atoms. The van der Waals surface area contributed by atoms with E-state index in [9.17, 15) is 5.11 Å². The highest BCUT2D eigenvalue weighted by Gasteiger charge is 2.32. The second-order valence-electron chi connectivity index (χ2n) is 4.80. The minimum Gasteiger partial charge on any atom is -0.392 e. The summed E-state index contributed by atoms with van der Waals surface area (Å²) in [4.78, 5) is 6.49. The Morgan fingerprint density at radius 2 is 2.25 bits per heavy atom. The van der Waals surface area contributed by atoms with Gasteiger partial charge in [0.1, 0.15) is 5.82 Å². The van der Waals surface area contributed by atoms with Gasteiger partial charge in [0.05, 0.1) is 12.2 Å². The van der Waals surface area contributed by atoms with Crippen molar-refractivity contribution >= 4 is 5.82 Å². The van der Waals surface area contributed by atoms with Crippen LogP contribution in [0.25, 0.3) is 0 Å². The van der Waals surface area contributed by atoms with E-state index in [0.717, 1.165) is 30.0 Å². The lowest BCUT2D eigenvalue weighted by molar-refractivity contribution is 0.0839. The molecule has 2 heterocycles. The fourth-order valence-corrected chi connectivity index (χ4v) is 2.11. The molecular weight excluding hydrogens is 204 g/mol. The SMILES string of the molecule is Cc1cc(CO)cc(N2CCC(C)(O)C2)n1. The first-order chi connectivity index (χ1) is 7.50. The quantitative estimate of drug-likeness (QED) is 0.778. The zero-order chi connectivity index (χ0) is 11.8. The van der Waals surface area contributed by atoms with Crippen molar-refractivity contribution in [1.82, 2.24) is 4.98 Å². The van der Waals surface area contributed by atoms with Crippen molar-refractivity contribution in [3.05, 3.63) is 23.4 Å². The fraction of sp³-hybridized carbons (Fsp3) is 0.583. The van der Waals surface area contributed by atoms with E-state index in [4.69, 9.17) is 5.11 Å². The second-order valence-corrected chi connectivity index (χ2v) is 4.80. The van der Waals surface area contributed by atoms with Crippen molar-refractivity contribution in [2.75, 3.05) is 18.0 Å².